The number of hydrogen-bond donors (Lipinski definition) is 1. The summed E-state index contributed by atoms with van der Waals surface area (Å²) in [5, 5.41) is 0.483. The second-order valence-electron chi connectivity index (χ2n) is 6.91. The van der Waals surface area contributed by atoms with Crippen molar-refractivity contribution in [2.45, 2.75) is 57.8 Å². The van der Waals surface area contributed by atoms with Gasteiger partial charge >= 0.3 is 0 Å². The van der Waals surface area contributed by atoms with Crippen LogP contribution in [0.1, 0.15) is 37.0 Å². The molecule has 0 aromatic carbocycles. The zero-order valence-corrected chi connectivity index (χ0v) is 17.4. The van der Waals surface area contributed by atoms with Crippen LogP contribution in [0, 0.1) is 13.8 Å². The first-order chi connectivity index (χ1) is 12.3. The summed E-state index contributed by atoms with van der Waals surface area (Å²) in [6, 6.07) is 0.0908. The van der Waals surface area contributed by atoms with Gasteiger partial charge in [0.05, 0.1) is 35.1 Å². The number of rotatable bonds is 4. The normalized spacial score (nSPS) is 22.0. The lowest BCUT2D eigenvalue weighted by Gasteiger charge is -2.38. The second-order valence-corrected chi connectivity index (χ2v) is 9.45. The molecule has 142 valence electrons. The summed E-state index contributed by atoms with van der Waals surface area (Å²) in [6.45, 7) is 11.1. The molecule has 2 aromatic heterocycles. The van der Waals surface area contributed by atoms with E-state index >= 15 is 0 Å². The molecule has 3 unspecified atom stereocenters. The zero-order valence-electron chi connectivity index (χ0n) is 15.8. The Morgan fingerprint density at radius 3 is 2.92 bits per heavy atom. The first-order valence-corrected chi connectivity index (χ1v) is 10.7. The maximum absolute atomic E-state index is 12.8. The molecule has 1 aliphatic rings. The van der Waals surface area contributed by atoms with E-state index in [-0.39, 0.29) is 28.9 Å². The van der Waals surface area contributed by atoms with Crippen molar-refractivity contribution in [3.8, 4) is 0 Å². The number of aromatic amines is 1. The van der Waals surface area contributed by atoms with E-state index in [0.717, 1.165) is 15.3 Å². The minimum Gasteiger partial charge on any atom is -0.375 e. The molecule has 26 heavy (non-hydrogen) atoms. The Morgan fingerprint density at radius 1 is 1.46 bits per heavy atom. The standard InChI is InChI=1S/C18H25N3O3S2/c1-9-7-24-10(2)6-21(9)18(23)13(5)25-8-14-19-16(22)15-11(3)12(4)26-17(15)20-14/h9-10,13H,6-8H2,1-5H3,(H,19,20,22). The average molecular weight is 396 g/mol. The molecule has 8 heteroatoms. The van der Waals surface area contributed by atoms with Crippen LogP contribution in [0.5, 0.6) is 0 Å². The van der Waals surface area contributed by atoms with Gasteiger partial charge in [-0.05, 0) is 40.2 Å². The number of nitrogens with one attached hydrogen (secondary N) is 1. The van der Waals surface area contributed by atoms with Gasteiger partial charge in [-0.3, -0.25) is 9.59 Å². The highest BCUT2D eigenvalue weighted by atomic mass is 32.2. The maximum Gasteiger partial charge on any atom is 0.259 e. The van der Waals surface area contributed by atoms with Crippen LogP contribution in [0.25, 0.3) is 10.2 Å². The van der Waals surface area contributed by atoms with Crippen molar-refractivity contribution in [3.63, 3.8) is 0 Å². The number of amides is 1. The van der Waals surface area contributed by atoms with Crippen LogP contribution in [0.2, 0.25) is 0 Å². The third kappa shape index (κ3) is 3.82. The number of carbonyl (C=O) groups is 1. The molecule has 1 saturated heterocycles. The van der Waals surface area contributed by atoms with Gasteiger partial charge in [0.15, 0.2) is 0 Å². The predicted molar refractivity (Wildman–Crippen MR) is 107 cm³/mol. The summed E-state index contributed by atoms with van der Waals surface area (Å²) in [5.41, 5.74) is 0.902. The number of nitrogens with zero attached hydrogens (tertiary/aromatic N) is 2. The van der Waals surface area contributed by atoms with E-state index in [1.807, 2.05) is 39.5 Å². The SMILES string of the molecule is Cc1sc2nc(CSC(C)C(=O)N3CC(C)OCC3C)[nH]c(=O)c2c1C. The first kappa shape index (κ1) is 19.4. The molecule has 3 rings (SSSR count). The molecule has 1 N–H and O–H groups in total. The summed E-state index contributed by atoms with van der Waals surface area (Å²) in [5.74, 6) is 1.24. The van der Waals surface area contributed by atoms with Crippen LogP contribution in [0.15, 0.2) is 4.79 Å². The highest BCUT2D eigenvalue weighted by molar-refractivity contribution is 7.99. The largest absolute Gasteiger partial charge is 0.375 e. The van der Waals surface area contributed by atoms with Gasteiger partial charge in [0.2, 0.25) is 5.91 Å². The minimum absolute atomic E-state index is 0.0677. The molecular formula is C18H25N3O3S2. The lowest BCUT2D eigenvalue weighted by molar-refractivity contribution is -0.142. The topological polar surface area (TPSA) is 75.3 Å². The number of morpholine rings is 1. The quantitative estimate of drug-likeness (QED) is 0.862. The Hall–Kier alpha value is -1.38. The van der Waals surface area contributed by atoms with Crippen LogP contribution in [0.3, 0.4) is 0 Å². The van der Waals surface area contributed by atoms with Gasteiger partial charge in [0.1, 0.15) is 10.7 Å². The first-order valence-electron chi connectivity index (χ1n) is 8.80. The molecule has 0 bridgehead atoms. The molecule has 0 spiro atoms. The molecule has 1 amide bonds. The molecule has 1 aliphatic heterocycles. The van der Waals surface area contributed by atoms with E-state index < -0.39 is 0 Å². The molecule has 3 heterocycles. The number of aryl methyl sites for hydroxylation is 2. The second kappa shape index (κ2) is 7.70. The molecule has 0 saturated carbocycles. The molecule has 3 atom stereocenters. The van der Waals surface area contributed by atoms with E-state index in [2.05, 4.69) is 9.97 Å². The fraction of sp³-hybridized carbons (Fsp3) is 0.611. The third-order valence-corrected chi connectivity index (χ3v) is 7.04. The fourth-order valence-corrected chi connectivity index (χ4v) is 4.96. The van der Waals surface area contributed by atoms with Crippen molar-refractivity contribution in [1.29, 1.82) is 0 Å². The lowest BCUT2D eigenvalue weighted by Crippen LogP contribution is -2.52. The lowest BCUT2D eigenvalue weighted by atomic mass is 10.2. The third-order valence-electron chi connectivity index (χ3n) is 4.80. The fourth-order valence-electron chi connectivity index (χ4n) is 3.09. The Morgan fingerprint density at radius 2 is 2.19 bits per heavy atom. The maximum atomic E-state index is 12.8. The molecule has 0 aliphatic carbocycles. The van der Waals surface area contributed by atoms with Gasteiger partial charge in [-0.1, -0.05) is 0 Å². The predicted octanol–water partition coefficient (Wildman–Crippen LogP) is 2.86. The number of fused-ring (bicyclic) bond motifs is 1. The summed E-state index contributed by atoms with van der Waals surface area (Å²) in [4.78, 5) is 36.4. The Balaban J connectivity index is 1.69. The van der Waals surface area contributed by atoms with Crippen molar-refractivity contribution in [2.75, 3.05) is 13.2 Å². The van der Waals surface area contributed by atoms with E-state index in [0.29, 0.717) is 30.1 Å². The van der Waals surface area contributed by atoms with Crippen LogP contribution in [-0.2, 0) is 15.3 Å². The Bertz CT molecular complexity index is 876. The van der Waals surface area contributed by atoms with Crippen molar-refractivity contribution < 1.29 is 9.53 Å². The number of carbonyl (C=O) groups excluding carboxylic acids is 1. The number of aromatic nitrogens is 2. The van der Waals surface area contributed by atoms with Gasteiger partial charge in [0.25, 0.3) is 5.56 Å². The summed E-state index contributed by atoms with van der Waals surface area (Å²) < 4.78 is 5.60. The molecule has 2 aromatic rings. The van der Waals surface area contributed by atoms with Gasteiger partial charge in [0, 0.05) is 11.4 Å². The smallest absolute Gasteiger partial charge is 0.259 e. The number of hydrogen-bond acceptors (Lipinski definition) is 6. The Kier molecular flexibility index (Phi) is 5.74. The number of ether oxygens (including phenoxy) is 1. The van der Waals surface area contributed by atoms with Gasteiger partial charge < -0.3 is 14.6 Å². The van der Waals surface area contributed by atoms with Crippen LogP contribution >= 0.6 is 23.1 Å². The van der Waals surface area contributed by atoms with Crippen molar-refractivity contribution in [2.24, 2.45) is 0 Å². The number of thiophene rings is 1. The number of thioether (sulfide) groups is 1. The molecule has 1 fully saturated rings. The zero-order chi connectivity index (χ0) is 19.0. The van der Waals surface area contributed by atoms with Crippen molar-refractivity contribution >= 4 is 39.2 Å². The van der Waals surface area contributed by atoms with Gasteiger partial charge in [-0.2, -0.15) is 0 Å². The highest BCUT2D eigenvalue weighted by Gasteiger charge is 2.30. The molecule has 0 radical (unpaired) electrons. The summed E-state index contributed by atoms with van der Waals surface area (Å²) in [7, 11) is 0. The monoisotopic (exact) mass is 395 g/mol. The Labute approximate surface area is 161 Å². The van der Waals surface area contributed by atoms with Gasteiger partial charge in [-0.15, -0.1) is 23.1 Å². The van der Waals surface area contributed by atoms with E-state index in [9.17, 15) is 9.59 Å². The van der Waals surface area contributed by atoms with E-state index in [4.69, 9.17) is 4.74 Å². The van der Waals surface area contributed by atoms with Crippen molar-refractivity contribution in [1.82, 2.24) is 14.9 Å². The average Bonchev–Trinajstić information content (AvgIpc) is 2.88. The summed E-state index contributed by atoms with van der Waals surface area (Å²) >= 11 is 3.04. The molecule has 6 nitrogen and oxygen atoms in total. The minimum atomic E-state index is -0.199. The van der Waals surface area contributed by atoms with Gasteiger partial charge in [-0.25, -0.2) is 4.98 Å². The van der Waals surface area contributed by atoms with Crippen LogP contribution in [-0.4, -0.2) is 51.3 Å². The number of H-pyrrole nitrogens is 1. The molecular weight excluding hydrogens is 370 g/mol. The summed E-state index contributed by atoms with van der Waals surface area (Å²) in [6.07, 6.45) is 0.0677. The van der Waals surface area contributed by atoms with Crippen molar-refractivity contribution in [3.05, 3.63) is 26.6 Å². The van der Waals surface area contributed by atoms with E-state index in [1.54, 1.807) is 11.3 Å². The van der Waals surface area contributed by atoms with E-state index in [1.165, 1.54) is 11.8 Å². The van der Waals surface area contributed by atoms with Crippen LogP contribution < -0.4 is 5.56 Å². The van der Waals surface area contributed by atoms with Crippen LogP contribution in [0.4, 0.5) is 0 Å². The highest BCUT2D eigenvalue weighted by Crippen LogP contribution is 2.27.